The van der Waals surface area contributed by atoms with Crippen molar-refractivity contribution in [3.8, 4) is 11.1 Å². The fourth-order valence-electron chi connectivity index (χ4n) is 5.64. The van der Waals surface area contributed by atoms with E-state index in [-0.39, 0.29) is 5.92 Å². The molecule has 0 heterocycles. The second-order valence-corrected chi connectivity index (χ2v) is 11.3. The third-order valence-electron chi connectivity index (χ3n) is 8.00. The van der Waals surface area contributed by atoms with Crippen LogP contribution in [0.15, 0.2) is 48.5 Å². The van der Waals surface area contributed by atoms with Crippen LogP contribution in [0.2, 0.25) is 0 Å². The molecule has 0 atom stereocenters. The van der Waals surface area contributed by atoms with Crippen molar-refractivity contribution in [3.63, 3.8) is 0 Å². The second-order valence-electron chi connectivity index (χ2n) is 11.3. The van der Waals surface area contributed by atoms with Gasteiger partial charge >= 0.3 is 6.09 Å². The van der Waals surface area contributed by atoms with Crippen molar-refractivity contribution in [2.24, 2.45) is 0 Å². The molecule has 0 saturated heterocycles. The highest BCUT2D eigenvalue weighted by Crippen LogP contribution is 2.44. The third-order valence-corrected chi connectivity index (χ3v) is 8.00. The summed E-state index contributed by atoms with van der Waals surface area (Å²) >= 11 is 0. The van der Waals surface area contributed by atoms with Crippen LogP contribution in [0.1, 0.15) is 107 Å². The lowest BCUT2D eigenvalue weighted by Gasteiger charge is -2.14. The van der Waals surface area contributed by atoms with Gasteiger partial charge in [-0.3, -0.25) is 0 Å². The van der Waals surface area contributed by atoms with Crippen LogP contribution in [0.25, 0.3) is 11.1 Å². The molecule has 2 aromatic rings. The molecule has 0 fully saturated rings. The number of benzene rings is 2. The molecule has 234 valence electrons. The van der Waals surface area contributed by atoms with Gasteiger partial charge in [-0.2, -0.15) is 0 Å². The van der Waals surface area contributed by atoms with Crippen LogP contribution in [0.5, 0.6) is 0 Å². The number of fused-ring (bicyclic) bond motifs is 3. The van der Waals surface area contributed by atoms with E-state index in [2.05, 4.69) is 36.5 Å². The first-order valence-corrected chi connectivity index (χ1v) is 16.6. The first kappa shape index (κ1) is 34.1. The van der Waals surface area contributed by atoms with E-state index < -0.39 is 6.09 Å². The zero-order valence-corrected chi connectivity index (χ0v) is 26.1. The Morgan fingerprint density at radius 3 is 1.60 bits per heavy atom. The Kier molecular flexibility index (Phi) is 18.0. The second kappa shape index (κ2) is 22.2. The highest BCUT2D eigenvalue weighted by atomic mass is 16.6. The summed E-state index contributed by atoms with van der Waals surface area (Å²) < 4.78 is 22.3. The van der Waals surface area contributed by atoms with E-state index in [0.29, 0.717) is 46.2 Å². The monoisotopic (exact) mass is 581 g/mol. The van der Waals surface area contributed by atoms with Crippen molar-refractivity contribution in [2.75, 3.05) is 52.8 Å². The van der Waals surface area contributed by atoms with E-state index >= 15 is 0 Å². The van der Waals surface area contributed by atoms with Gasteiger partial charge in [-0.25, -0.2) is 4.79 Å². The van der Waals surface area contributed by atoms with Gasteiger partial charge in [0.05, 0.1) is 33.0 Å². The van der Waals surface area contributed by atoms with E-state index in [4.69, 9.17) is 18.9 Å². The number of amides is 1. The molecule has 2 aromatic carbocycles. The predicted octanol–water partition coefficient (Wildman–Crippen LogP) is 8.67. The van der Waals surface area contributed by atoms with Crippen molar-refractivity contribution < 1.29 is 23.7 Å². The maximum Gasteiger partial charge on any atom is 0.407 e. The van der Waals surface area contributed by atoms with Crippen LogP contribution in [0.4, 0.5) is 4.79 Å². The standard InChI is InChI=1S/C36H55NO5/c1-2-3-4-5-6-7-8-9-10-11-12-13-18-24-39-26-28-41-29-27-40-25-23-37-36(38)42-30-35-33-21-16-14-19-31(33)32-20-15-17-22-34(32)35/h14-17,19-22,35H,2-13,18,23-30H2,1H3,(H,37,38). The Bertz CT molecular complexity index is 935. The van der Waals surface area contributed by atoms with Crippen molar-refractivity contribution >= 4 is 6.09 Å². The molecular formula is C36H55NO5. The fraction of sp³-hybridized carbons (Fsp3) is 0.639. The SMILES string of the molecule is CCCCCCCCCCCCCCCOCCOCCOCCNC(=O)OCC1c2ccccc2-c2ccccc21. The predicted molar refractivity (Wildman–Crippen MR) is 171 cm³/mol. The molecule has 0 bridgehead atoms. The van der Waals surface area contributed by atoms with Crippen molar-refractivity contribution in [1.82, 2.24) is 5.32 Å². The van der Waals surface area contributed by atoms with Crippen LogP contribution >= 0.6 is 0 Å². The lowest BCUT2D eigenvalue weighted by molar-refractivity contribution is 0.0143. The van der Waals surface area contributed by atoms with Crippen LogP contribution in [0.3, 0.4) is 0 Å². The molecule has 42 heavy (non-hydrogen) atoms. The Morgan fingerprint density at radius 1 is 0.595 bits per heavy atom. The molecule has 1 aliphatic carbocycles. The first-order chi connectivity index (χ1) is 20.8. The zero-order chi connectivity index (χ0) is 29.5. The molecule has 0 saturated carbocycles. The average Bonchev–Trinajstić information content (AvgIpc) is 3.34. The molecule has 6 nitrogen and oxygen atoms in total. The van der Waals surface area contributed by atoms with Gasteiger partial charge < -0.3 is 24.3 Å². The third kappa shape index (κ3) is 13.3. The van der Waals surface area contributed by atoms with Gasteiger partial charge in [0, 0.05) is 19.1 Å². The lowest BCUT2D eigenvalue weighted by Crippen LogP contribution is -2.29. The maximum atomic E-state index is 12.2. The number of rotatable bonds is 25. The maximum absolute atomic E-state index is 12.2. The number of nitrogens with one attached hydrogen (secondary N) is 1. The molecule has 6 heteroatoms. The Morgan fingerprint density at radius 2 is 1.05 bits per heavy atom. The van der Waals surface area contributed by atoms with Gasteiger partial charge in [0.15, 0.2) is 0 Å². The number of hydrogen-bond donors (Lipinski definition) is 1. The summed E-state index contributed by atoms with van der Waals surface area (Å²) in [5.41, 5.74) is 4.86. The topological polar surface area (TPSA) is 66.0 Å². The molecule has 3 rings (SSSR count). The molecular weight excluding hydrogens is 526 g/mol. The normalized spacial score (nSPS) is 12.3. The smallest absolute Gasteiger partial charge is 0.407 e. The number of ether oxygens (including phenoxy) is 4. The van der Waals surface area contributed by atoms with E-state index in [1.54, 1.807) is 0 Å². The summed E-state index contributed by atoms with van der Waals surface area (Å²) in [5, 5.41) is 2.77. The first-order valence-electron chi connectivity index (χ1n) is 16.6. The molecule has 0 aromatic heterocycles. The Labute approximate surface area is 254 Å². The van der Waals surface area contributed by atoms with Crippen molar-refractivity contribution in [3.05, 3.63) is 59.7 Å². The van der Waals surface area contributed by atoms with Gasteiger partial charge in [-0.15, -0.1) is 0 Å². The van der Waals surface area contributed by atoms with E-state index in [0.717, 1.165) is 13.0 Å². The summed E-state index contributed by atoms with van der Waals surface area (Å²) in [6.45, 7) is 6.46. The van der Waals surface area contributed by atoms with Crippen molar-refractivity contribution in [1.29, 1.82) is 0 Å². The molecule has 1 aliphatic rings. The summed E-state index contributed by atoms with van der Waals surface area (Å²) in [4.78, 5) is 12.2. The quantitative estimate of drug-likeness (QED) is 0.119. The Hall–Kier alpha value is -2.41. The number of carbonyl (C=O) groups excluding carboxylic acids is 1. The Balaban J connectivity index is 1.05. The molecule has 0 aliphatic heterocycles. The number of alkyl carbamates (subject to hydrolysis) is 1. The molecule has 0 radical (unpaired) electrons. The minimum atomic E-state index is -0.419. The number of unbranched alkanes of at least 4 members (excludes halogenated alkanes) is 12. The summed E-state index contributed by atoms with van der Waals surface area (Å²) in [6.07, 6.45) is 17.3. The van der Waals surface area contributed by atoms with Gasteiger partial charge in [0.25, 0.3) is 0 Å². The van der Waals surface area contributed by atoms with Crippen LogP contribution < -0.4 is 5.32 Å². The number of carbonyl (C=O) groups is 1. The van der Waals surface area contributed by atoms with Crippen LogP contribution in [0, 0.1) is 0 Å². The zero-order valence-electron chi connectivity index (χ0n) is 26.1. The fourth-order valence-corrected chi connectivity index (χ4v) is 5.64. The minimum Gasteiger partial charge on any atom is -0.449 e. The number of hydrogen-bond acceptors (Lipinski definition) is 5. The summed E-state index contributed by atoms with van der Waals surface area (Å²) in [5.74, 6) is 0.0647. The summed E-state index contributed by atoms with van der Waals surface area (Å²) in [6, 6.07) is 16.7. The molecule has 1 amide bonds. The van der Waals surface area contributed by atoms with Crippen LogP contribution in [-0.2, 0) is 18.9 Å². The largest absolute Gasteiger partial charge is 0.449 e. The minimum absolute atomic E-state index is 0.0647. The van der Waals surface area contributed by atoms with Gasteiger partial charge in [0.2, 0.25) is 0 Å². The van der Waals surface area contributed by atoms with Gasteiger partial charge in [-0.05, 0) is 28.7 Å². The van der Waals surface area contributed by atoms with Crippen molar-refractivity contribution in [2.45, 2.75) is 96.3 Å². The van der Waals surface area contributed by atoms with Gasteiger partial charge in [0.1, 0.15) is 6.61 Å². The summed E-state index contributed by atoms with van der Waals surface area (Å²) in [7, 11) is 0. The molecule has 0 unspecified atom stereocenters. The van der Waals surface area contributed by atoms with Gasteiger partial charge in [-0.1, -0.05) is 133 Å². The lowest BCUT2D eigenvalue weighted by atomic mass is 9.98. The van der Waals surface area contributed by atoms with E-state index in [9.17, 15) is 4.79 Å². The highest BCUT2D eigenvalue weighted by Gasteiger charge is 2.28. The highest BCUT2D eigenvalue weighted by molar-refractivity contribution is 5.79. The average molecular weight is 582 g/mol. The molecule has 0 spiro atoms. The van der Waals surface area contributed by atoms with E-state index in [1.165, 1.54) is 99.3 Å². The van der Waals surface area contributed by atoms with Crippen LogP contribution in [-0.4, -0.2) is 58.9 Å². The molecule has 1 N–H and O–H groups in total. The van der Waals surface area contributed by atoms with E-state index in [1.807, 2.05) is 24.3 Å².